The maximum Gasteiger partial charge on any atom is 0.335 e. The van der Waals surface area contributed by atoms with Crippen LogP contribution in [0.5, 0.6) is 0 Å². The molecule has 4 nitrogen and oxygen atoms in total. The van der Waals surface area contributed by atoms with Crippen LogP contribution in [-0.2, 0) is 0 Å². The summed E-state index contributed by atoms with van der Waals surface area (Å²) in [5, 5.41) is 11.1. The zero-order valence-corrected chi connectivity index (χ0v) is 10.4. The summed E-state index contributed by atoms with van der Waals surface area (Å²) in [6.45, 7) is 4.18. The van der Waals surface area contributed by atoms with Crippen molar-refractivity contribution >= 4 is 28.6 Å². The third-order valence-corrected chi connectivity index (χ3v) is 3.21. The van der Waals surface area contributed by atoms with Crippen molar-refractivity contribution in [2.75, 3.05) is 0 Å². The van der Waals surface area contributed by atoms with E-state index in [9.17, 15) is 4.79 Å². The molecule has 0 bridgehead atoms. The van der Waals surface area contributed by atoms with Crippen molar-refractivity contribution in [1.82, 2.24) is 9.97 Å². The summed E-state index contributed by atoms with van der Waals surface area (Å²) in [5.41, 5.74) is 0.916. The molecule has 0 saturated heterocycles. The molecule has 1 aromatic heterocycles. The molecule has 1 N–H and O–H groups in total. The molecule has 0 amide bonds. The van der Waals surface area contributed by atoms with E-state index in [1.165, 1.54) is 6.33 Å². The molecular weight excluding hydrogens is 236 g/mol. The van der Waals surface area contributed by atoms with Crippen molar-refractivity contribution in [3.05, 3.63) is 30.1 Å². The first-order valence-corrected chi connectivity index (χ1v) is 6.10. The van der Waals surface area contributed by atoms with E-state index in [1.54, 1.807) is 30.0 Å². The fraction of sp³-hybridized carbons (Fsp3) is 0.250. The Labute approximate surface area is 103 Å². The molecule has 5 heteroatoms. The summed E-state index contributed by atoms with van der Waals surface area (Å²) in [7, 11) is 0. The quantitative estimate of drug-likeness (QED) is 0.668. The maximum atomic E-state index is 10.9. The smallest absolute Gasteiger partial charge is 0.335 e. The summed E-state index contributed by atoms with van der Waals surface area (Å²) in [5.74, 6) is -0.941. The van der Waals surface area contributed by atoms with E-state index in [2.05, 4.69) is 23.8 Å². The molecule has 17 heavy (non-hydrogen) atoms. The predicted molar refractivity (Wildman–Crippen MR) is 67.5 cm³/mol. The van der Waals surface area contributed by atoms with Crippen molar-refractivity contribution < 1.29 is 9.90 Å². The lowest BCUT2D eigenvalue weighted by Crippen LogP contribution is -1.97. The fourth-order valence-corrected chi connectivity index (χ4v) is 2.34. The third-order valence-electron chi connectivity index (χ3n) is 2.19. The first-order chi connectivity index (χ1) is 8.08. The Morgan fingerprint density at radius 1 is 1.35 bits per heavy atom. The Bertz CT molecular complexity index is 569. The maximum absolute atomic E-state index is 10.9. The summed E-state index contributed by atoms with van der Waals surface area (Å²) in [6.07, 6.45) is 1.47. The standard InChI is InChI=1S/C12H12N2O2S/c1-7(2)17-11-9-4-3-8(12(15)16)5-10(9)13-6-14-11/h3-7H,1-2H3,(H,15,16). The molecule has 0 aliphatic heterocycles. The monoisotopic (exact) mass is 248 g/mol. The molecule has 0 atom stereocenters. The lowest BCUT2D eigenvalue weighted by molar-refractivity contribution is 0.0697. The number of hydrogen-bond donors (Lipinski definition) is 1. The van der Waals surface area contributed by atoms with E-state index in [-0.39, 0.29) is 5.56 Å². The lowest BCUT2D eigenvalue weighted by atomic mass is 10.1. The number of aromatic nitrogens is 2. The van der Waals surface area contributed by atoms with Crippen LogP contribution in [0.3, 0.4) is 0 Å². The largest absolute Gasteiger partial charge is 0.478 e. The van der Waals surface area contributed by atoms with Crippen molar-refractivity contribution in [2.45, 2.75) is 24.1 Å². The molecule has 1 heterocycles. The molecular formula is C12H12N2O2S. The Hall–Kier alpha value is -1.62. The van der Waals surface area contributed by atoms with E-state index in [4.69, 9.17) is 5.11 Å². The summed E-state index contributed by atoms with van der Waals surface area (Å²) in [6, 6.07) is 4.92. The molecule has 2 rings (SSSR count). The van der Waals surface area contributed by atoms with Gasteiger partial charge in [0.15, 0.2) is 0 Å². The van der Waals surface area contributed by atoms with Crippen molar-refractivity contribution in [3.63, 3.8) is 0 Å². The van der Waals surface area contributed by atoms with Crippen LogP contribution in [0.25, 0.3) is 10.9 Å². The number of carboxylic acid groups (broad SMARTS) is 1. The van der Waals surface area contributed by atoms with Gasteiger partial charge in [0.1, 0.15) is 11.4 Å². The normalized spacial score (nSPS) is 11.0. The number of carbonyl (C=O) groups is 1. The van der Waals surface area contributed by atoms with Crippen molar-refractivity contribution in [2.24, 2.45) is 0 Å². The average molecular weight is 248 g/mol. The summed E-state index contributed by atoms with van der Waals surface area (Å²) in [4.78, 5) is 19.2. The van der Waals surface area contributed by atoms with Crippen LogP contribution in [0.15, 0.2) is 29.6 Å². The van der Waals surface area contributed by atoms with Gasteiger partial charge < -0.3 is 5.11 Å². The van der Waals surface area contributed by atoms with Gasteiger partial charge in [-0.2, -0.15) is 0 Å². The number of aromatic carboxylic acids is 1. The highest BCUT2D eigenvalue weighted by Gasteiger charge is 2.09. The molecule has 0 aliphatic rings. The molecule has 1 aromatic carbocycles. The second-order valence-electron chi connectivity index (χ2n) is 3.88. The average Bonchev–Trinajstić information content (AvgIpc) is 2.28. The van der Waals surface area contributed by atoms with Gasteiger partial charge >= 0.3 is 5.97 Å². The number of hydrogen-bond acceptors (Lipinski definition) is 4. The van der Waals surface area contributed by atoms with Gasteiger partial charge in [-0.15, -0.1) is 11.8 Å². The van der Waals surface area contributed by atoms with E-state index >= 15 is 0 Å². The molecule has 88 valence electrons. The molecule has 0 fully saturated rings. The SMILES string of the molecule is CC(C)Sc1ncnc2cc(C(=O)O)ccc12. The Balaban J connectivity index is 2.54. The minimum Gasteiger partial charge on any atom is -0.478 e. The van der Waals surface area contributed by atoms with Crippen LogP contribution in [0.4, 0.5) is 0 Å². The van der Waals surface area contributed by atoms with Crippen LogP contribution in [0.1, 0.15) is 24.2 Å². The highest BCUT2D eigenvalue weighted by molar-refractivity contribution is 8.00. The molecule has 0 saturated carbocycles. The van der Waals surface area contributed by atoms with Crippen LogP contribution in [0, 0.1) is 0 Å². The second-order valence-corrected chi connectivity index (χ2v) is 5.45. The predicted octanol–water partition coefficient (Wildman–Crippen LogP) is 2.83. The van der Waals surface area contributed by atoms with Crippen LogP contribution in [-0.4, -0.2) is 26.3 Å². The topological polar surface area (TPSA) is 63.1 Å². The number of benzene rings is 1. The first-order valence-electron chi connectivity index (χ1n) is 5.22. The van der Waals surface area contributed by atoms with Crippen LogP contribution < -0.4 is 0 Å². The van der Waals surface area contributed by atoms with E-state index in [0.717, 1.165) is 10.4 Å². The van der Waals surface area contributed by atoms with Gasteiger partial charge in [-0.05, 0) is 18.2 Å². The van der Waals surface area contributed by atoms with E-state index < -0.39 is 5.97 Å². The van der Waals surface area contributed by atoms with Gasteiger partial charge in [0.25, 0.3) is 0 Å². The molecule has 0 radical (unpaired) electrons. The number of fused-ring (bicyclic) bond motifs is 1. The molecule has 0 spiro atoms. The van der Waals surface area contributed by atoms with E-state index in [0.29, 0.717) is 10.8 Å². The molecule has 0 unspecified atom stereocenters. The van der Waals surface area contributed by atoms with Crippen molar-refractivity contribution in [3.8, 4) is 0 Å². The highest BCUT2D eigenvalue weighted by atomic mass is 32.2. The third kappa shape index (κ3) is 2.55. The molecule has 0 aliphatic carbocycles. The Morgan fingerprint density at radius 3 is 2.76 bits per heavy atom. The van der Waals surface area contributed by atoms with Crippen LogP contribution in [0.2, 0.25) is 0 Å². The zero-order chi connectivity index (χ0) is 12.4. The Kier molecular flexibility index (Phi) is 3.28. The number of rotatable bonds is 3. The van der Waals surface area contributed by atoms with Gasteiger partial charge in [0.2, 0.25) is 0 Å². The minimum atomic E-state index is -0.941. The first kappa shape index (κ1) is 11.9. The van der Waals surface area contributed by atoms with Crippen LogP contribution >= 0.6 is 11.8 Å². The zero-order valence-electron chi connectivity index (χ0n) is 9.54. The fourth-order valence-electron chi connectivity index (χ4n) is 1.48. The number of nitrogens with zero attached hydrogens (tertiary/aromatic N) is 2. The number of carboxylic acids is 1. The van der Waals surface area contributed by atoms with Gasteiger partial charge in [-0.3, -0.25) is 0 Å². The highest BCUT2D eigenvalue weighted by Crippen LogP contribution is 2.27. The van der Waals surface area contributed by atoms with Crippen molar-refractivity contribution in [1.29, 1.82) is 0 Å². The van der Waals surface area contributed by atoms with Gasteiger partial charge in [0.05, 0.1) is 11.1 Å². The Morgan fingerprint density at radius 2 is 2.12 bits per heavy atom. The van der Waals surface area contributed by atoms with Gasteiger partial charge in [-0.1, -0.05) is 13.8 Å². The minimum absolute atomic E-state index is 0.247. The molecule has 2 aromatic rings. The van der Waals surface area contributed by atoms with Gasteiger partial charge in [0, 0.05) is 10.6 Å². The summed E-state index contributed by atoms with van der Waals surface area (Å²) < 4.78 is 0. The number of thioether (sulfide) groups is 1. The van der Waals surface area contributed by atoms with Gasteiger partial charge in [-0.25, -0.2) is 14.8 Å². The summed E-state index contributed by atoms with van der Waals surface area (Å²) >= 11 is 1.64. The second kappa shape index (κ2) is 4.71. The van der Waals surface area contributed by atoms with E-state index in [1.807, 2.05) is 0 Å². The lowest BCUT2D eigenvalue weighted by Gasteiger charge is -2.07.